The Balaban J connectivity index is 1.36. The van der Waals surface area contributed by atoms with Gasteiger partial charge in [-0.1, -0.05) is 0 Å². The van der Waals surface area contributed by atoms with Gasteiger partial charge in [0.1, 0.15) is 0 Å². The van der Waals surface area contributed by atoms with Crippen molar-refractivity contribution >= 4 is 51.4 Å². The fourth-order valence-corrected chi connectivity index (χ4v) is 6.70. The molecule has 1 atom stereocenters. The topological polar surface area (TPSA) is 137 Å². The van der Waals surface area contributed by atoms with Crippen LogP contribution < -0.4 is 20.5 Å². The number of anilines is 1. The van der Waals surface area contributed by atoms with E-state index in [1.165, 1.54) is 11.8 Å². The number of nitrogen functional groups attached to an aromatic ring is 1. The zero-order chi connectivity index (χ0) is 23.7. The summed E-state index contributed by atoms with van der Waals surface area (Å²) in [5.74, 6) is 4.75. The molecule has 0 radical (unpaired) electrons. The SMILES string of the molecule is Nc1ncn(CCC(NC(=O)O)C2CCSCC2)c2nc(Sc3cc4c(cc3Br)OCO4)nc1-2. The molecule has 0 spiro atoms. The van der Waals surface area contributed by atoms with Gasteiger partial charge in [0.2, 0.25) is 6.79 Å². The number of ether oxygens (including phenoxy) is 2. The Morgan fingerprint density at radius 1 is 1.32 bits per heavy atom. The standard InChI is InChI=1S/C21H23BrN6O4S2/c22-12-7-14-15(32-10-31-14)8-16(12)34-20-26-17-18(23)24-9-28(19(17)27-20)4-1-13(25-21(29)30)11-2-5-33-6-3-11/h7-9,11,13,25H,1-6,10,23H2,(H,29,30). The van der Waals surface area contributed by atoms with E-state index in [9.17, 15) is 9.90 Å². The number of halogens is 1. The molecule has 1 saturated heterocycles. The first-order chi connectivity index (χ1) is 16.5. The van der Waals surface area contributed by atoms with Crippen LogP contribution in [0.1, 0.15) is 19.3 Å². The van der Waals surface area contributed by atoms with Crippen molar-refractivity contribution in [3.05, 3.63) is 22.9 Å². The molecule has 0 aliphatic carbocycles. The van der Waals surface area contributed by atoms with Crippen molar-refractivity contribution in [3.63, 3.8) is 0 Å². The Morgan fingerprint density at radius 3 is 2.85 bits per heavy atom. The monoisotopic (exact) mass is 566 g/mol. The van der Waals surface area contributed by atoms with Crippen LogP contribution in [0.5, 0.6) is 11.5 Å². The number of imidazole rings is 1. The minimum Gasteiger partial charge on any atom is -0.465 e. The molecule has 10 nitrogen and oxygen atoms in total. The first kappa shape index (κ1) is 23.4. The van der Waals surface area contributed by atoms with Crippen LogP contribution in [0.4, 0.5) is 10.6 Å². The Labute approximate surface area is 212 Å². The maximum absolute atomic E-state index is 11.4. The molecule has 1 aromatic rings. The quantitative estimate of drug-likeness (QED) is 0.381. The molecule has 4 aliphatic heterocycles. The molecule has 13 heteroatoms. The molecule has 34 heavy (non-hydrogen) atoms. The number of rotatable bonds is 7. The molecule has 180 valence electrons. The number of nitrogens with two attached hydrogens (primary N) is 1. The lowest BCUT2D eigenvalue weighted by atomic mass is 9.91. The van der Waals surface area contributed by atoms with E-state index >= 15 is 0 Å². The number of hydrogen-bond acceptors (Lipinski definition) is 9. The summed E-state index contributed by atoms with van der Waals surface area (Å²) in [6.45, 7) is 0.751. The highest BCUT2D eigenvalue weighted by Gasteiger charge is 2.27. The smallest absolute Gasteiger partial charge is 0.404 e. The molecule has 1 amide bonds. The van der Waals surface area contributed by atoms with Gasteiger partial charge in [-0.15, -0.1) is 0 Å². The number of carboxylic acid groups (broad SMARTS) is 1. The van der Waals surface area contributed by atoms with Crippen LogP contribution in [-0.4, -0.2) is 55.1 Å². The largest absolute Gasteiger partial charge is 0.465 e. The van der Waals surface area contributed by atoms with Crippen LogP contribution in [0.3, 0.4) is 0 Å². The number of amides is 1. The zero-order valence-electron chi connectivity index (χ0n) is 18.1. The highest BCUT2D eigenvalue weighted by molar-refractivity contribution is 9.10. The molecule has 5 rings (SSSR count). The van der Waals surface area contributed by atoms with Gasteiger partial charge in [0.05, 0.1) is 6.33 Å². The third kappa shape index (κ3) is 5.01. The molecule has 4 heterocycles. The Morgan fingerprint density at radius 2 is 2.09 bits per heavy atom. The van der Waals surface area contributed by atoms with Crippen molar-refractivity contribution in [1.82, 2.24) is 24.8 Å². The van der Waals surface area contributed by atoms with Crippen LogP contribution in [0.15, 0.2) is 33.0 Å². The van der Waals surface area contributed by atoms with Gasteiger partial charge < -0.3 is 30.2 Å². The lowest BCUT2D eigenvalue weighted by molar-refractivity contribution is 0.174. The van der Waals surface area contributed by atoms with Crippen molar-refractivity contribution < 1.29 is 19.4 Å². The second-order valence-electron chi connectivity index (χ2n) is 8.03. The average molecular weight is 567 g/mol. The predicted octanol–water partition coefficient (Wildman–Crippen LogP) is 4.17. The third-order valence-electron chi connectivity index (χ3n) is 5.92. The van der Waals surface area contributed by atoms with Gasteiger partial charge in [0.25, 0.3) is 0 Å². The van der Waals surface area contributed by atoms with Gasteiger partial charge in [0, 0.05) is 22.0 Å². The molecule has 0 saturated carbocycles. The van der Waals surface area contributed by atoms with Gasteiger partial charge >= 0.3 is 6.09 Å². The normalized spacial score (nSPS) is 16.6. The van der Waals surface area contributed by atoms with Crippen LogP contribution >= 0.6 is 39.5 Å². The highest BCUT2D eigenvalue weighted by atomic mass is 79.9. The van der Waals surface area contributed by atoms with Crippen LogP contribution in [0, 0.1) is 5.92 Å². The van der Waals surface area contributed by atoms with Gasteiger partial charge in [-0.05, 0) is 76.5 Å². The number of nitrogens with zero attached hydrogens (tertiary/aromatic N) is 4. The van der Waals surface area contributed by atoms with E-state index in [0.29, 0.717) is 52.9 Å². The molecular weight excluding hydrogens is 544 g/mol. The summed E-state index contributed by atoms with van der Waals surface area (Å²) >= 11 is 6.87. The summed E-state index contributed by atoms with van der Waals surface area (Å²) in [5, 5.41) is 12.6. The summed E-state index contributed by atoms with van der Waals surface area (Å²) in [6, 6.07) is 3.63. The molecule has 1 aromatic carbocycles. The molecule has 4 N–H and O–H groups in total. The lowest BCUT2D eigenvalue weighted by Gasteiger charge is -2.30. The van der Waals surface area contributed by atoms with E-state index in [2.05, 4.69) is 31.2 Å². The van der Waals surface area contributed by atoms with Gasteiger partial charge in [-0.3, -0.25) is 0 Å². The van der Waals surface area contributed by atoms with E-state index < -0.39 is 6.09 Å². The van der Waals surface area contributed by atoms with E-state index in [1.807, 2.05) is 28.5 Å². The number of thioether (sulfide) groups is 1. The van der Waals surface area contributed by atoms with Crippen molar-refractivity contribution in [2.24, 2.45) is 5.92 Å². The minimum absolute atomic E-state index is 0.125. The summed E-state index contributed by atoms with van der Waals surface area (Å²) in [6.07, 6.45) is 3.31. The van der Waals surface area contributed by atoms with E-state index in [1.54, 1.807) is 6.33 Å². The molecule has 1 fully saturated rings. The van der Waals surface area contributed by atoms with E-state index in [4.69, 9.17) is 20.2 Å². The predicted molar refractivity (Wildman–Crippen MR) is 133 cm³/mol. The lowest BCUT2D eigenvalue weighted by Crippen LogP contribution is -2.41. The van der Waals surface area contributed by atoms with Crippen LogP contribution in [0.25, 0.3) is 11.5 Å². The zero-order valence-corrected chi connectivity index (χ0v) is 21.3. The van der Waals surface area contributed by atoms with E-state index in [-0.39, 0.29) is 12.8 Å². The summed E-state index contributed by atoms with van der Waals surface area (Å²) in [5.41, 5.74) is 6.63. The van der Waals surface area contributed by atoms with Crippen molar-refractivity contribution in [2.75, 3.05) is 24.0 Å². The number of aromatic nitrogens is 4. The second-order valence-corrected chi connectivity index (χ2v) is 11.1. The van der Waals surface area contributed by atoms with Gasteiger partial charge in [-0.25, -0.2) is 19.7 Å². The third-order valence-corrected chi connectivity index (χ3v) is 8.82. The summed E-state index contributed by atoms with van der Waals surface area (Å²) in [4.78, 5) is 25.9. The first-order valence-electron chi connectivity index (χ1n) is 10.8. The summed E-state index contributed by atoms with van der Waals surface area (Å²) < 4.78 is 13.6. The maximum Gasteiger partial charge on any atom is 0.404 e. The second kappa shape index (κ2) is 10.1. The Bertz CT molecular complexity index is 1170. The Kier molecular flexibility index (Phi) is 6.93. The number of carbonyl (C=O) groups is 1. The fraction of sp³-hybridized carbons (Fsp3) is 0.429. The minimum atomic E-state index is -0.991. The molecular formula is C21H23BrN6O4S2. The van der Waals surface area contributed by atoms with Crippen molar-refractivity contribution in [2.45, 2.75) is 41.9 Å². The number of fused-ring (bicyclic) bond motifs is 2. The van der Waals surface area contributed by atoms with Gasteiger partial charge in [-0.2, -0.15) is 11.8 Å². The molecule has 0 aromatic heterocycles. The van der Waals surface area contributed by atoms with Crippen LogP contribution in [-0.2, 0) is 6.54 Å². The van der Waals surface area contributed by atoms with Crippen molar-refractivity contribution in [3.8, 4) is 23.0 Å². The fourth-order valence-electron chi connectivity index (χ4n) is 4.20. The van der Waals surface area contributed by atoms with Crippen molar-refractivity contribution in [1.29, 1.82) is 0 Å². The first-order valence-corrected chi connectivity index (χ1v) is 13.6. The van der Waals surface area contributed by atoms with Gasteiger partial charge in [0.15, 0.2) is 34.0 Å². The number of aryl methyl sites for hydroxylation is 1. The number of benzene rings is 1. The molecule has 0 bridgehead atoms. The number of nitrogens with one attached hydrogen (secondary N) is 1. The number of hydrogen-bond donors (Lipinski definition) is 3. The molecule has 1 unspecified atom stereocenters. The maximum atomic E-state index is 11.4. The van der Waals surface area contributed by atoms with E-state index in [0.717, 1.165) is 33.7 Å². The van der Waals surface area contributed by atoms with Crippen LogP contribution in [0.2, 0.25) is 0 Å². The summed E-state index contributed by atoms with van der Waals surface area (Å²) in [7, 11) is 0. The molecule has 4 aliphatic rings. The average Bonchev–Trinajstić information content (AvgIpc) is 3.45. The Hall–Kier alpha value is -2.38. The highest BCUT2D eigenvalue weighted by Crippen LogP contribution is 2.43.